The zero-order chi connectivity index (χ0) is 15.5. The SMILES string of the molecule is CCNC(=O)[C@@H]1CCN(Cc2ccc3cc(F)ccc3n2)C1. The highest BCUT2D eigenvalue weighted by Gasteiger charge is 2.27. The molecule has 1 aliphatic heterocycles. The van der Waals surface area contributed by atoms with Crippen molar-refractivity contribution >= 4 is 16.8 Å². The molecule has 4 nitrogen and oxygen atoms in total. The van der Waals surface area contributed by atoms with Crippen molar-refractivity contribution in [1.29, 1.82) is 0 Å². The van der Waals surface area contributed by atoms with Gasteiger partial charge in [0.25, 0.3) is 0 Å². The Morgan fingerprint density at radius 3 is 3.09 bits per heavy atom. The second-order valence-corrected chi connectivity index (χ2v) is 5.75. The molecule has 3 rings (SSSR count). The van der Waals surface area contributed by atoms with Gasteiger partial charge in [0.1, 0.15) is 5.82 Å². The first-order valence-corrected chi connectivity index (χ1v) is 7.71. The standard InChI is InChI=1S/C17H20FN3O/c1-2-19-17(22)13-7-8-21(10-13)11-15-5-3-12-9-14(18)4-6-16(12)20-15/h3-6,9,13H,2,7-8,10-11H2,1H3,(H,19,22)/t13-/m1/s1. The van der Waals surface area contributed by atoms with Crippen LogP contribution in [-0.2, 0) is 11.3 Å². The monoisotopic (exact) mass is 301 g/mol. The van der Waals surface area contributed by atoms with Gasteiger partial charge < -0.3 is 5.32 Å². The summed E-state index contributed by atoms with van der Waals surface area (Å²) in [6, 6.07) is 8.46. The van der Waals surface area contributed by atoms with Crippen molar-refractivity contribution < 1.29 is 9.18 Å². The van der Waals surface area contributed by atoms with Crippen LogP contribution >= 0.6 is 0 Å². The molecule has 0 unspecified atom stereocenters. The van der Waals surface area contributed by atoms with Gasteiger partial charge in [-0.3, -0.25) is 14.7 Å². The summed E-state index contributed by atoms with van der Waals surface area (Å²) in [6.07, 6.45) is 0.893. The summed E-state index contributed by atoms with van der Waals surface area (Å²) >= 11 is 0. The average molecular weight is 301 g/mol. The molecule has 1 saturated heterocycles. The number of nitrogens with one attached hydrogen (secondary N) is 1. The van der Waals surface area contributed by atoms with Crippen LogP contribution in [0, 0.1) is 11.7 Å². The molecule has 1 aromatic heterocycles. The van der Waals surface area contributed by atoms with E-state index in [0.717, 1.165) is 42.7 Å². The molecule has 0 spiro atoms. The maximum absolute atomic E-state index is 13.2. The van der Waals surface area contributed by atoms with E-state index in [1.165, 1.54) is 12.1 Å². The number of fused-ring (bicyclic) bond motifs is 1. The van der Waals surface area contributed by atoms with Gasteiger partial charge in [-0.1, -0.05) is 6.07 Å². The number of halogens is 1. The van der Waals surface area contributed by atoms with E-state index < -0.39 is 0 Å². The number of nitrogens with zero attached hydrogens (tertiary/aromatic N) is 2. The van der Waals surface area contributed by atoms with Crippen molar-refractivity contribution in [2.24, 2.45) is 5.92 Å². The molecule has 1 fully saturated rings. The Labute approximate surface area is 129 Å². The zero-order valence-electron chi connectivity index (χ0n) is 12.7. The Hall–Kier alpha value is -2.01. The van der Waals surface area contributed by atoms with E-state index in [2.05, 4.69) is 15.2 Å². The first-order chi connectivity index (χ1) is 10.7. The first kappa shape index (κ1) is 14.9. The Balaban J connectivity index is 1.66. The number of likely N-dealkylation sites (tertiary alicyclic amines) is 1. The molecular weight excluding hydrogens is 281 g/mol. The van der Waals surface area contributed by atoms with Crippen molar-refractivity contribution in [1.82, 2.24) is 15.2 Å². The number of carbonyl (C=O) groups is 1. The van der Waals surface area contributed by atoms with E-state index in [9.17, 15) is 9.18 Å². The van der Waals surface area contributed by atoms with Crippen molar-refractivity contribution in [3.63, 3.8) is 0 Å². The fraction of sp³-hybridized carbons (Fsp3) is 0.412. The van der Waals surface area contributed by atoms with Gasteiger partial charge in [-0.15, -0.1) is 0 Å². The number of carbonyl (C=O) groups excluding carboxylic acids is 1. The van der Waals surface area contributed by atoms with Gasteiger partial charge in [-0.2, -0.15) is 0 Å². The van der Waals surface area contributed by atoms with Gasteiger partial charge in [-0.05, 0) is 44.2 Å². The number of benzene rings is 1. The van der Waals surface area contributed by atoms with Gasteiger partial charge in [0, 0.05) is 25.0 Å². The molecule has 116 valence electrons. The van der Waals surface area contributed by atoms with E-state index in [1.807, 2.05) is 19.1 Å². The fourth-order valence-electron chi connectivity index (χ4n) is 2.96. The molecule has 5 heteroatoms. The number of amides is 1. The van der Waals surface area contributed by atoms with E-state index in [-0.39, 0.29) is 17.6 Å². The van der Waals surface area contributed by atoms with Crippen molar-refractivity contribution in [3.8, 4) is 0 Å². The number of aromatic nitrogens is 1. The van der Waals surface area contributed by atoms with Gasteiger partial charge in [-0.25, -0.2) is 4.39 Å². The van der Waals surface area contributed by atoms with Crippen LogP contribution in [0.1, 0.15) is 19.0 Å². The third-order valence-corrected chi connectivity index (χ3v) is 4.09. The summed E-state index contributed by atoms with van der Waals surface area (Å²) in [5.74, 6) is -0.0205. The molecule has 1 amide bonds. The normalized spacial score (nSPS) is 18.7. The second kappa shape index (κ2) is 6.40. The minimum absolute atomic E-state index is 0.0782. The van der Waals surface area contributed by atoms with Crippen LogP contribution < -0.4 is 5.32 Å². The summed E-state index contributed by atoms with van der Waals surface area (Å²) in [5.41, 5.74) is 1.76. The van der Waals surface area contributed by atoms with E-state index in [1.54, 1.807) is 6.07 Å². The molecule has 0 saturated carbocycles. The molecule has 1 atom stereocenters. The highest BCUT2D eigenvalue weighted by molar-refractivity contribution is 5.79. The average Bonchev–Trinajstić information content (AvgIpc) is 2.96. The maximum Gasteiger partial charge on any atom is 0.224 e. The topological polar surface area (TPSA) is 45.2 Å². The molecule has 1 N–H and O–H groups in total. The predicted molar refractivity (Wildman–Crippen MR) is 83.8 cm³/mol. The van der Waals surface area contributed by atoms with Crippen LogP contribution in [0.5, 0.6) is 0 Å². The lowest BCUT2D eigenvalue weighted by Crippen LogP contribution is -2.32. The van der Waals surface area contributed by atoms with E-state index >= 15 is 0 Å². The Bertz CT molecular complexity index is 689. The van der Waals surface area contributed by atoms with E-state index in [4.69, 9.17) is 0 Å². The largest absolute Gasteiger partial charge is 0.356 e. The molecule has 2 aromatic rings. The molecule has 0 radical (unpaired) electrons. The molecular formula is C17H20FN3O. The summed E-state index contributed by atoms with van der Waals surface area (Å²) in [7, 11) is 0. The highest BCUT2D eigenvalue weighted by Crippen LogP contribution is 2.20. The lowest BCUT2D eigenvalue weighted by molar-refractivity contribution is -0.124. The van der Waals surface area contributed by atoms with Crippen molar-refractivity contribution in [3.05, 3.63) is 41.8 Å². The molecule has 0 bridgehead atoms. The number of rotatable bonds is 4. The Morgan fingerprint density at radius 2 is 2.27 bits per heavy atom. The van der Waals surface area contributed by atoms with Gasteiger partial charge in [0.05, 0.1) is 17.1 Å². The van der Waals surface area contributed by atoms with Crippen LogP contribution in [0.25, 0.3) is 10.9 Å². The molecule has 0 aliphatic carbocycles. The van der Waals surface area contributed by atoms with Crippen LogP contribution in [0.2, 0.25) is 0 Å². The minimum Gasteiger partial charge on any atom is -0.356 e. The summed E-state index contributed by atoms with van der Waals surface area (Å²) in [4.78, 5) is 18.7. The molecule has 1 aromatic carbocycles. The van der Waals surface area contributed by atoms with Gasteiger partial charge >= 0.3 is 0 Å². The number of pyridine rings is 1. The smallest absolute Gasteiger partial charge is 0.224 e. The lowest BCUT2D eigenvalue weighted by atomic mass is 10.1. The summed E-state index contributed by atoms with van der Waals surface area (Å²) in [5, 5.41) is 3.70. The second-order valence-electron chi connectivity index (χ2n) is 5.75. The van der Waals surface area contributed by atoms with E-state index in [0.29, 0.717) is 6.54 Å². The lowest BCUT2D eigenvalue weighted by Gasteiger charge is -2.15. The van der Waals surface area contributed by atoms with Crippen LogP contribution in [0.3, 0.4) is 0 Å². The number of hydrogen-bond acceptors (Lipinski definition) is 3. The Kier molecular flexibility index (Phi) is 4.34. The third kappa shape index (κ3) is 3.25. The number of hydrogen-bond donors (Lipinski definition) is 1. The van der Waals surface area contributed by atoms with Gasteiger partial charge in [0.15, 0.2) is 0 Å². The first-order valence-electron chi connectivity index (χ1n) is 7.71. The maximum atomic E-state index is 13.2. The Morgan fingerprint density at radius 1 is 1.41 bits per heavy atom. The summed E-state index contributed by atoms with van der Waals surface area (Å²) < 4.78 is 13.2. The summed E-state index contributed by atoms with van der Waals surface area (Å²) in [6.45, 7) is 5.02. The third-order valence-electron chi connectivity index (χ3n) is 4.09. The molecule has 2 heterocycles. The molecule has 22 heavy (non-hydrogen) atoms. The quantitative estimate of drug-likeness (QED) is 0.943. The zero-order valence-corrected chi connectivity index (χ0v) is 12.7. The predicted octanol–water partition coefficient (Wildman–Crippen LogP) is 2.33. The van der Waals surface area contributed by atoms with Crippen LogP contribution in [0.15, 0.2) is 30.3 Å². The molecule has 1 aliphatic rings. The minimum atomic E-state index is -0.244. The van der Waals surface area contributed by atoms with Crippen molar-refractivity contribution in [2.45, 2.75) is 19.9 Å². The van der Waals surface area contributed by atoms with Crippen molar-refractivity contribution in [2.75, 3.05) is 19.6 Å². The highest BCUT2D eigenvalue weighted by atomic mass is 19.1. The van der Waals surface area contributed by atoms with Crippen LogP contribution in [0.4, 0.5) is 4.39 Å². The van der Waals surface area contributed by atoms with Gasteiger partial charge in [0.2, 0.25) is 5.91 Å². The fourth-order valence-corrected chi connectivity index (χ4v) is 2.96. The van der Waals surface area contributed by atoms with Crippen LogP contribution in [-0.4, -0.2) is 35.4 Å².